The second-order valence-corrected chi connectivity index (χ2v) is 7.69. The van der Waals surface area contributed by atoms with Gasteiger partial charge in [-0.25, -0.2) is 0 Å². The molecule has 0 bridgehead atoms. The van der Waals surface area contributed by atoms with Gasteiger partial charge >= 0.3 is 0 Å². The smallest absolute Gasteiger partial charge is 0.248 e. The van der Waals surface area contributed by atoms with Crippen LogP contribution in [0, 0.1) is 5.92 Å². The minimum atomic E-state index is -0.418. The quantitative estimate of drug-likeness (QED) is 0.817. The number of rotatable bonds is 6. The molecular weight excluding hydrogens is 342 g/mol. The largest absolute Gasteiger partial charge is 0.387 e. The first-order chi connectivity index (χ1) is 13.2. The number of piperazine rings is 1. The number of carbonyl (C=O) groups is 2. The Kier molecular flexibility index (Phi) is 7.24. The first-order valence-corrected chi connectivity index (χ1v) is 10.1. The van der Waals surface area contributed by atoms with Gasteiger partial charge in [-0.05, 0) is 30.7 Å². The van der Waals surface area contributed by atoms with Crippen molar-refractivity contribution < 1.29 is 14.7 Å². The first kappa shape index (κ1) is 19.8. The highest BCUT2D eigenvalue weighted by Crippen LogP contribution is 2.22. The van der Waals surface area contributed by atoms with Gasteiger partial charge in [0.15, 0.2) is 0 Å². The molecule has 3 rings (SSSR count). The van der Waals surface area contributed by atoms with Crippen LogP contribution < -0.4 is 0 Å². The number of aliphatic hydroxyl groups excluding tert-OH is 1. The van der Waals surface area contributed by atoms with Gasteiger partial charge in [0.05, 0.1) is 0 Å². The lowest BCUT2D eigenvalue weighted by atomic mass is 9.93. The van der Waals surface area contributed by atoms with Gasteiger partial charge in [-0.1, -0.05) is 30.3 Å². The predicted molar refractivity (Wildman–Crippen MR) is 104 cm³/mol. The summed E-state index contributed by atoms with van der Waals surface area (Å²) in [7, 11) is 0. The minimum absolute atomic E-state index is 0.194. The van der Waals surface area contributed by atoms with E-state index in [4.69, 9.17) is 5.11 Å². The molecule has 2 aliphatic rings. The van der Waals surface area contributed by atoms with Gasteiger partial charge in [-0.2, -0.15) is 0 Å². The molecule has 2 saturated heterocycles. The van der Waals surface area contributed by atoms with Crippen LogP contribution in [-0.2, 0) is 16.1 Å². The SMILES string of the molecule is O=C(CC[C@@H]1CCCN(C(=O)CO)C1)N1CCN(Cc2ccccc2)CC1. The summed E-state index contributed by atoms with van der Waals surface area (Å²) in [6.45, 7) is 5.37. The van der Waals surface area contributed by atoms with E-state index in [1.807, 2.05) is 11.0 Å². The van der Waals surface area contributed by atoms with Crippen LogP contribution in [0.1, 0.15) is 31.2 Å². The van der Waals surface area contributed by atoms with Crippen LogP contribution in [0.25, 0.3) is 0 Å². The molecule has 0 radical (unpaired) electrons. The van der Waals surface area contributed by atoms with Crippen LogP contribution >= 0.6 is 0 Å². The zero-order valence-electron chi connectivity index (χ0n) is 16.1. The van der Waals surface area contributed by atoms with Crippen molar-refractivity contribution in [3.05, 3.63) is 35.9 Å². The third-order valence-corrected chi connectivity index (χ3v) is 5.75. The highest BCUT2D eigenvalue weighted by atomic mass is 16.3. The molecule has 6 heteroatoms. The Labute approximate surface area is 161 Å². The first-order valence-electron chi connectivity index (χ1n) is 10.1. The molecule has 2 heterocycles. The predicted octanol–water partition coefficient (Wildman–Crippen LogP) is 1.34. The summed E-state index contributed by atoms with van der Waals surface area (Å²) in [6, 6.07) is 10.5. The third kappa shape index (κ3) is 5.78. The molecule has 0 unspecified atom stereocenters. The van der Waals surface area contributed by atoms with E-state index >= 15 is 0 Å². The van der Waals surface area contributed by atoms with Gasteiger partial charge in [0.25, 0.3) is 0 Å². The summed E-state index contributed by atoms with van der Waals surface area (Å²) >= 11 is 0. The van der Waals surface area contributed by atoms with Crippen molar-refractivity contribution in [2.24, 2.45) is 5.92 Å². The molecule has 0 aliphatic carbocycles. The van der Waals surface area contributed by atoms with Crippen molar-refractivity contribution >= 4 is 11.8 Å². The van der Waals surface area contributed by atoms with E-state index in [1.165, 1.54) is 5.56 Å². The minimum Gasteiger partial charge on any atom is -0.387 e. The highest BCUT2D eigenvalue weighted by molar-refractivity contribution is 5.77. The van der Waals surface area contributed by atoms with Crippen molar-refractivity contribution in [1.82, 2.24) is 14.7 Å². The Morgan fingerprint density at radius 2 is 1.70 bits per heavy atom. The normalized spacial score (nSPS) is 21.3. The summed E-state index contributed by atoms with van der Waals surface area (Å²) < 4.78 is 0. The molecule has 2 aliphatic heterocycles. The topological polar surface area (TPSA) is 64.1 Å². The summed E-state index contributed by atoms with van der Waals surface area (Å²) in [5, 5.41) is 9.02. The molecule has 0 spiro atoms. The molecule has 148 valence electrons. The molecule has 1 N–H and O–H groups in total. The second kappa shape index (κ2) is 9.85. The molecule has 0 saturated carbocycles. The lowest BCUT2D eigenvalue weighted by molar-refractivity contribution is -0.136. The van der Waals surface area contributed by atoms with Crippen molar-refractivity contribution in [1.29, 1.82) is 0 Å². The monoisotopic (exact) mass is 373 g/mol. The fourth-order valence-electron chi connectivity index (χ4n) is 4.11. The van der Waals surface area contributed by atoms with E-state index < -0.39 is 6.61 Å². The van der Waals surface area contributed by atoms with Crippen LogP contribution in [0.5, 0.6) is 0 Å². The lowest BCUT2D eigenvalue weighted by Gasteiger charge is -2.36. The van der Waals surface area contributed by atoms with Crippen LogP contribution in [0.4, 0.5) is 0 Å². The maximum Gasteiger partial charge on any atom is 0.248 e. The third-order valence-electron chi connectivity index (χ3n) is 5.75. The van der Waals surface area contributed by atoms with Gasteiger partial charge in [0.1, 0.15) is 6.61 Å². The number of benzene rings is 1. The number of likely N-dealkylation sites (tertiary alicyclic amines) is 1. The summed E-state index contributed by atoms with van der Waals surface area (Å²) in [5.41, 5.74) is 1.32. The molecule has 1 atom stereocenters. The fourth-order valence-corrected chi connectivity index (χ4v) is 4.11. The Morgan fingerprint density at radius 3 is 2.41 bits per heavy atom. The van der Waals surface area contributed by atoms with Crippen LogP contribution in [0.15, 0.2) is 30.3 Å². The Hall–Kier alpha value is -1.92. The molecule has 2 amide bonds. The maximum atomic E-state index is 12.6. The van der Waals surface area contributed by atoms with Gasteiger partial charge in [-0.15, -0.1) is 0 Å². The summed E-state index contributed by atoms with van der Waals surface area (Å²) in [4.78, 5) is 30.3. The fraction of sp³-hybridized carbons (Fsp3) is 0.619. The van der Waals surface area contributed by atoms with Crippen LogP contribution in [0.3, 0.4) is 0 Å². The molecular formula is C21H31N3O3. The summed E-state index contributed by atoms with van der Waals surface area (Å²) in [5.74, 6) is 0.415. The number of amides is 2. The van der Waals surface area contributed by atoms with E-state index in [9.17, 15) is 9.59 Å². The zero-order chi connectivity index (χ0) is 19.1. The molecule has 1 aromatic rings. The van der Waals surface area contributed by atoms with E-state index in [0.29, 0.717) is 18.9 Å². The molecule has 6 nitrogen and oxygen atoms in total. The number of nitrogens with zero attached hydrogens (tertiary/aromatic N) is 3. The van der Waals surface area contributed by atoms with E-state index in [1.54, 1.807) is 4.90 Å². The zero-order valence-corrected chi connectivity index (χ0v) is 16.1. The van der Waals surface area contributed by atoms with E-state index in [-0.39, 0.29) is 11.8 Å². The number of piperidine rings is 1. The Morgan fingerprint density at radius 1 is 0.963 bits per heavy atom. The van der Waals surface area contributed by atoms with Crippen LogP contribution in [-0.4, -0.2) is 77.5 Å². The highest BCUT2D eigenvalue weighted by Gasteiger charge is 2.25. The number of carbonyl (C=O) groups excluding carboxylic acids is 2. The van der Waals surface area contributed by atoms with E-state index in [0.717, 1.165) is 58.5 Å². The standard InChI is InChI=1S/C21H31N3O3/c25-17-21(27)24-10-4-7-19(16-24)8-9-20(26)23-13-11-22(12-14-23)15-18-5-2-1-3-6-18/h1-3,5-6,19,25H,4,7-17H2/t19-/m0/s1. The van der Waals surface area contributed by atoms with Crippen molar-refractivity contribution in [3.8, 4) is 0 Å². The van der Waals surface area contributed by atoms with Crippen molar-refractivity contribution in [2.45, 2.75) is 32.2 Å². The van der Waals surface area contributed by atoms with Crippen molar-refractivity contribution in [3.63, 3.8) is 0 Å². The lowest BCUT2D eigenvalue weighted by Crippen LogP contribution is -2.48. The number of hydrogen-bond acceptors (Lipinski definition) is 4. The van der Waals surface area contributed by atoms with Gasteiger partial charge in [0.2, 0.25) is 11.8 Å². The van der Waals surface area contributed by atoms with Gasteiger partial charge in [0, 0.05) is 52.2 Å². The maximum absolute atomic E-state index is 12.6. The molecule has 27 heavy (non-hydrogen) atoms. The molecule has 1 aromatic carbocycles. The van der Waals surface area contributed by atoms with E-state index in [2.05, 4.69) is 29.2 Å². The molecule has 2 fully saturated rings. The Balaban J connectivity index is 1.37. The molecule has 0 aromatic heterocycles. The van der Waals surface area contributed by atoms with Gasteiger partial charge in [-0.3, -0.25) is 14.5 Å². The Bertz CT molecular complexity index is 614. The average Bonchev–Trinajstić information content (AvgIpc) is 2.73. The van der Waals surface area contributed by atoms with Crippen molar-refractivity contribution in [2.75, 3.05) is 45.9 Å². The average molecular weight is 373 g/mol. The van der Waals surface area contributed by atoms with Gasteiger partial charge < -0.3 is 14.9 Å². The summed E-state index contributed by atoms with van der Waals surface area (Å²) in [6.07, 6.45) is 3.42. The number of aliphatic hydroxyl groups is 1. The number of hydrogen-bond donors (Lipinski definition) is 1. The second-order valence-electron chi connectivity index (χ2n) is 7.69. The van der Waals surface area contributed by atoms with Crippen LogP contribution in [0.2, 0.25) is 0 Å².